The van der Waals surface area contributed by atoms with Crippen LogP contribution in [0.25, 0.3) is 65.8 Å². The predicted octanol–water partition coefficient (Wildman–Crippen LogP) is 10.3. The van der Waals surface area contributed by atoms with Crippen LogP contribution in [0.1, 0.15) is 12.5 Å². The average molecular weight is 555 g/mol. The molecule has 0 radical (unpaired) electrons. The summed E-state index contributed by atoms with van der Waals surface area (Å²) < 4.78 is 4.92. The van der Waals surface area contributed by atoms with E-state index in [1.807, 2.05) is 11.8 Å². The highest BCUT2D eigenvalue weighted by Crippen LogP contribution is 2.57. The van der Waals surface area contributed by atoms with Crippen molar-refractivity contribution >= 4 is 66.1 Å². The van der Waals surface area contributed by atoms with Gasteiger partial charge in [-0.1, -0.05) is 91.9 Å². The lowest BCUT2D eigenvalue weighted by Gasteiger charge is -2.28. The smallest absolute Gasteiger partial charge is 0.0686 e. The van der Waals surface area contributed by atoms with E-state index in [4.69, 9.17) is 0 Å². The maximum Gasteiger partial charge on any atom is 0.0686 e. The minimum Gasteiger partial charge on any atom is -0.309 e. The molecule has 3 heteroatoms. The standard InChI is InChI=1S/C39H26N2S/c1-39-22-7-6-15-34(39)42-38-30(39)23-25-17-16-24-9-8-14-33-35(24)36(25)37(38)41(33)27-20-18-26(19-21-27)40-31-12-4-2-10-28(31)29-11-3-5-13-32(29)40/h2-23,34H,1H3. The van der Waals surface area contributed by atoms with Crippen molar-refractivity contribution < 1.29 is 0 Å². The molecule has 2 aromatic heterocycles. The van der Waals surface area contributed by atoms with Crippen LogP contribution in [-0.2, 0) is 5.41 Å². The molecule has 10 rings (SSSR count). The molecule has 0 saturated heterocycles. The van der Waals surface area contributed by atoms with Crippen LogP contribution in [0.5, 0.6) is 0 Å². The molecule has 0 bridgehead atoms. The largest absolute Gasteiger partial charge is 0.309 e. The van der Waals surface area contributed by atoms with Crippen LogP contribution in [0.3, 0.4) is 0 Å². The first-order chi connectivity index (χ1) is 20.7. The lowest BCUT2D eigenvalue weighted by atomic mass is 9.76. The Balaban J connectivity index is 1.26. The summed E-state index contributed by atoms with van der Waals surface area (Å²) in [5.74, 6) is 0. The number of hydrogen-bond acceptors (Lipinski definition) is 1. The van der Waals surface area contributed by atoms with Crippen LogP contribution in [0.2, 0.25) is 0 Å². The van der Waals surface area contributed by atoms with Crippen molar-refractivity contribution in [2.24, 2.45) is 0 Å². The van der Waals surface area contributed by atoms with Crippen molar-refractivity contribution in [3.8, 4) is 11.4 Å². The zero-order valence-corrected chi connectivity index (χ0v) is 23.9. The number of fused-ring (bicyclic) bond motifs is 7. The maximum absolute atomic E-state index is 2.53. The van der Waals surface area contributed by atoms with E-state index in [-0.39, 0.29) is 5.41 Å². The van der Waals surface area contributed by atoms with Gasteiger partial charge < -0.3 is 9.13 Å². The van der Waals surface area contributed by atoms with Gasteiger partial charge in [0.1, 0.15) is 0 Å². The molecular formula is C39H26N2S. The van der Waals surface area contributed by atoms with E-state index < -0.39 is 0 Å². The van der Waals surface area contributed by atoms with Crippen molar-refractivity contribution in [1.82, 2.24) is 9.13 Å². The van der Waals surface area contributed by atoms with Crippen molar-refractivity contribution in [1.29, 1.82) is 0 Å². The van der Waals surface area contributed by atoms with E-state index in [0.29, 0.717) is 5.25 Å². The number of hydrogen-bond donors (Lipinski definition) is 0. The molecule has 0 spiro atoms. The number of aromatic nitrogens is 2. The van der Waals surface area contributed by atoms with Crippen molar-refractivity contribution in [3.05, 3.63) is 139 Å². The highest BCUT2D eigenvalue weighted by atomic mass is 32.2. The van der Waals surface area contributed by atoms with Crippen molar-refractivity contribution in [2.45, 2.75) is 22.5 Å². The fourth-order valence-electron chi connectivity index (χ4n) is 7.72. The fraction of sp³-hybridized carbons (Fsp3) is 0.0769. The molecule has 8 aromatic rings. The first-order valence-electron chi connectivity index (χ1n) is 14.7. The van der Waals surface area contributed by atoms with E-state index in [1.165, 1.54) is 76.2 Å². The van der Waals surface area contributed by atoms with Gasteiger partial charge in [0, 0.05) is 48.5 Å². The lowest BCUT2D eigenvalue weighted by molar-refractivity contribution is 0.621. The van der Waals surface area contributed by atoms with Gasteiger partial charge in [-0.05, 0) is 64.9 Å². The number of para-hydroxylation sites is 2. The Morgan fingerprint density at radius 2 is 1.29 bits per heavy atom. The van der Waals surface area contributed by atoms with E-state index in [1.54, 1.807) is 0 Å². The molecule has 0 N–H and O–H groups in total. The summed E-state index contributed by atoms with van der Waals surface area (Å²) >= 11 is 2.03. The molecule has 1 aliphatic heterocycles. The number of thioether (sulfide) groups is 1. The summed E-state index contributed by atoms with van der Waals surface area (Å²) in [4.78, 5) is 1.42. The van der Waals surface area contributed by atoms with Crippen LogP contribution in [0, 0.1) is 0 Å². The molecule has 0 amide bonds. The SMILES string of the molecule is CC12C=CC=CC1Sc1c2cc2ccc3cccc4c3c2c1n4-c1ccc(-n2c3ccccc3c3ccccc32)cc1. The van der Waals surface area contributed by atoms with Crippen LogP contribution in [0.15, 0.2) is 138 Å². The van der Waals surface area contributed by atoms with Gasteiger partial charge in [0.05, 0.1) is 22.1 Å². The van der Waals surface area contributed by atoms with Gasteiger partial charge >= 0.3 is 0 Å². The van der Waals surface area contributed by atoms with Gasteiger partial charge in [-0.3, -0.25) is 0 Å². The van der Waals surface area contributed by atoms with Crippen LogP contribution >= 0.6 is 11.8 Å². The molecule has 2 aliphatic rings. The summed E-state index contributed by atoms with van der Waals surface area (Å²) in [6.45, 7) is 2.40. The van der Waals surface area contributed by atoms with Gasteiger partial charge in [-0.2, -0.15) is 0 Å². The van der Waals surface area contributed by atoms with E-state index >= 15 is 0 Å². The Labute approximate surface area is 247 Å². The molecule has 0 saturated carbocycles. The molecule has 2 nitrogen and oxygen atoms in total. The highest BCUT2D eigenvalue weighted by Gasteiger charge is 2.43. The topological polar surface area (TPSA) is 9.86 Å². The fourth-order valence-corrected chi connectivity index (χ4v) is 9.30. The third-order valence-electron chi connectivity index (χ3n) is 9.72. The van der Waals surface area contributed by atoms with E-state index in [2.05, 4.69) is 150 Å². The molecule has 0 fully saturated rings. The molecule has 3 heterocycles. The molecule has 1 aliphatic carbocycles. The summed E-state index contributed by atoms with van der Waals surface area (Å²) in [5.41, 5.74) is 8.91. The molecule has 2 atom stereocenters. The highest BCUT2D eigenvalue weighted by molar-refractivity contribution is 8.00. The van der Waals surface area contributed by atoms with Gasteiger partial charge in [0.25, 0.3) is 0 Å². The second-order valence-corrected chi connectivity index (χ2v) is 13.1. The number of rotatable bonds is 2. The second-order valence-electron chi connectivity index (χ2n) is 11.9. The minimum absolute atomic E-state index is 0.00473. The maximum atomic E-state index is 2.53. The van der Waals surface area contributed by atoms with Gasteiger partial charge in [0.15, 0.2) is 0 Å². The average Bonchev–Trinajstić information content (AvgIpc) is 3.66. The Morgan fingerprint density at radius 3 is 2.05 bits per heavy atom. The molecule has 198 valence electrons. The third-order valence-corrected chi connectivity index (χ3v) is 11.3. The van der Waals surface area contributed by atoms with Crippen LogP contribution in [-0.4, -0.2) is 14.4 Å². The molecule has 6 aromatic carbocycles. The van der Waals surface area contributed by atoms with E-state index in [9.17, 15) is 0 Å². The molecular weight excluding hydrogens is 529 g/mol. The zero-order chi connectivity index (χ0) is 27.6. The first-order valence-corrected chi connectivity index (χ1v) is 15.5. The normalized spacial score (nSPS) is 19.6. The monoisotopic (exact) mass is 554 g/mol. The Bertz CT molecular complexity index is 2400. The third kappa shape index (κ3) is 2.77. The quantitative estimate of drug-likeness (QED) is 0.193. The van der Waals surface area contributed by atoms with Crippen LogP contribution < -0.4 is 0 Å². The number of allylic oxidation sites excluding steroid dienone is 3. The van der Waals surface area contributed by atoms with Gasteiger partial charge in [0.2, 0.25) is 0 Å². The zero-order valence-electron chi connectivity index (χ0n) is 23.1. The Morgan fingerprint density at radius 1 is 0.619 bits per heavy atom. The Hall–Kier alpha value is -4.73. The van der Waals surface area contributed by atoms with E-state index in [0.717, 1.165) is 0 Å². The summed E-state index contributed by atoms with van der Waals surface area (Å²) in [5, 5.41) is 8.37. The second kappa shape index (κ2) is 7.96. The number of nitrogens with zero attached hydrogens (tertiary/aromatic N) is 2. The molecule has 42 heavy (non-hydrogen) atoms. The lowest BCUT2D eigenvalue weighted by Crippen LogP contribution is -2.28. The predicted molar refractivity (Wildman–Crippen MR) is 179 cm³/mol. The summed E-state index contributed by atoms with van der Waals surface area (Å²) in [6, 6.07) is 40.5. The van der Waals surface area contributed by atoms with Crippen molar-refractivity contribution in [2.75, 3.05) is 0 Å². The van der Waals surface area contributed by atoms with Gasteiger partial charge in [-0.15, -0.1) is 11.8 Å². The van der Waals surface area contributed by atoms with Crippen LogP contribution in [0.4, 0.5) is 0 Å². The summed E-state index contributed by atoms with van der Waals surface area (Å²) in [6.07, 6.45) is 9.21. The number of benzene rings is 6. The Kier molecular flexibility index (Phi) is 4.34. The minimum atomic E-state index is -0.00473. The van der Waals surface area contributed by atoms with Crippen molar-refractivity contribution in [3.63, 3.8) is 0 Å². The molecule has 2 unspecified atom stereocenters. The van der Waals surface area contributed by atoms with Gasteiger partial charge in [-0.25, -0.2) is 0 Å². The summed E-state index contributed by atoms with van der Waals surface area (Å²) in [7, 11) is 0. The first kappa shape index (κ1) is 22.9.